The van der Waals surface area contributed by atoms with E-state index in [-0.39, 0.29) is 12.5 Å². The Morgan fingerprint density at radius 1 is 1.19 bits per heavy atom. The van der Waals surface area contributed by atoms with Gasteiger partial charge in [0.2, 0.25) is 12.1 Å². The molecule has 0 atom stereocenters. The summed E-state index contributed by atoms with van der Waals surface area (Å²) in [6.07, 6.45) is 4.12. The van der Waals surface area contributed by atoms with Gasteiger partial charge in [-0.15, -0.1) is 15.3 Å². The molecule has 4 aromatic heterocycles. The quantitative estimate of drug-likeness (QED) is 0.510. The minimum atomic E-state index is 0.202. The maximum Gasteiger partial charge on any atom is 0.275 e. The first-order valence-corrected chi connectivity index (χ1v) is 7.54. The third-order valence-electron chi connectivity index (χ3n) is 3.56. The molecule has 0 aliphatic rings. The molecule has 4 rings (SSSR count). The molecular formula is C16H13N6O4. The van der Waals surface area contributed by atoms with E-state index in [9.17, 15) is 0 Å². The highest BCUT2D eigenvalue weighted by molar-refractivity contribution is 5.56. The molecule has 0 amide bonds. The van der Waals surface area contributed by atoms with E-state index >= 15 is 0 Å². The van der Waals surface area contributed by atoms with E-state index in [0.717, 1.165) is 0 Å². The Bertz CT molecular complexity index is 1010. The van der Waals surface area contributed by atoms with Gasteiger partial charge in [0, 0.05) is 12.1 Å². The fourth-order valence-electron chi connectivity index (χ4n) is 2.25. The van der Waals surface area contributed by atoms with Crippen LogP contribution in [-0.2, 0) is 6.61 Å². The number of nitrogens with zero attached hydrogens (tertiary/aromatic N) is 6. The fourth-order valence-corrected chi connectivity index (χ4v) is 2.25. The van der Waals surface area contributed by atoms with Crippen LogP contribution in [0.2, 0.25) is 0 Å². The van der Waals surface area contributed by atoms with Crippen molar-refractivity contribution < 1.29 is 18.7 Å². The summed E-state index contributed by atoms with van der Waals surface area (Å²) >= 11 is 0. The first-order chi connectivity index (χ1) is 12.8. The molecule has 1 radical (unpaired) electrons. The van der Waals surface area contributed by atoms with Gasteiger partial charge in [0.1, 0.15) is 12.4 Å². The lowest BCUT2D eigenvalue weighted by atomic mass is 10.3. The molecule has 26 heavy (non-hydrogen) atoms. The number of hydrogen-bond donors (Lipinski definition) is 0. The summed E-state index contributed by atoms with van der Waals surface area (Å²) in [6, 6.07) is 6.83. The lowest BCUT2D eigenvalue weighted by Crippen LogP contribution is -2.05. The molecule has 0 aliphatic carbocycles. The van der Waals surface area contributed by atoms with Gasteiger partial charge in [-0.3, -0.25) is 4.98 Å². The van der Waals surface area contributed by atoms with Crippen LogP contribution in [0.5, 0.6) is 17.4 Å². The lowest BCUT2D eigenvalue weighted by Gasteiger charge is -2.10. The second-order valence-electron chi connectivity index (χ2n) is 5.12. The molecule has 10 heteroatoms. The molecule has 0 bridgehead atoms. The van der Waals surface area contributed by atoms with Gasteiger partial charge in [-0.1, -0.05) is 5.16 Å². The average molecular weight is 353 g/mol. The monoisotopic (exact) mass is 353 g/mol. The summed E-state index contributed by atoms with van der Waals surface area (Å²) < 4.78 is 22.4. The van der Waals surface area contributed by atoms with E-state index in [4.69, 9.17) is 18.7 Å². The molecule has 0 spiro atoms. The number of pyridine rings is 1. The molecule has 0 aromatic carbocycles. The fraction of sp³-hybridized carbons (Fsp3) is 0.188. The third kappa shape index (κ3) is 2.88. The number of hydrogen-bond acceptors (Lipinski definition) is 9. The highest BCUT2D eigenvalue weighted by atomic mass is 16.5. The van der Waals surface area contributed by atoms with Crippen molar-refractivity contribution in [3.63, 3.8) is 0 Å². The van der Waals surface area contributed by atoms with Crippen LogP contribution in [0.25, 0.3) is 17.2 Å². The van der Waals surface area contributed by atoms with Crippen LogP contribution in [0, 0.1) is 6.26 Å². The van der Waals surface area contributed by atoms with Gasteiger partial charge >= 0.3 is 0 Å². The predicted molar refractivity (Wildman–Crippen MR) is 86.8 cm³/mol. The zero-order valence-electron chi connectivity index (χ0n) is 13.9. The van der Waals surface area contributed by atoms with Gasteiger partial charge in [-0.2, -0.15) is 4.52 Å². The Balaban J connectivity index is 1.65. The number of ether oxygens (including phenoxy) is 3. The van der Waals surface area contributed by atoms with Crippen molar-refractivity contribution in [3.05, 3.63) is 42.4 Å². The van der Waals surface area contributed by atoms with Crippen molar-refractivity contribution in [2.75, 3.05) is 14.2 Å². The highest BCUT2D eigenvalue weighted by Crippen LogP contribution is 2.27. The Labute approximate surface area is 147 Å². The van der Waals surface area contributed by atoms with Crippen LogP contribution >= 0.6 is 0 Å². The second-order valence-corrected chi connectivity index (χ2v) is 5.12. The molecule has 10 nitrogen and oxygen atoms in total. The topological polar surface area (TPSA) is 110 Å². The van der Waals surface area contributed by atoms with Crippen LogP contribution in [0.4, 0.5) is 0 Å². The van der Waals surface area contributed by atoms with Crippen LogP contribution < -0.4 is 14.2 Å². The van der Waals surface area contributed by atoms with Gasteiger partial charge in [0.05, 0.1) is 26.1 Å². The Kier molecular flexibility index (Phi) is 4.06. The Hall–Kier alpha value is -3.69. The molecule has 4 aromatic rings. The van der Waals surface area contributed by atoms with E-state index in [1.165, 1.54) is 11.6 Å². The Morgan fingerprint density at radius 2 is 2.12 bits per heavy atom. The maximum atomic E-state index is 5.77. The Morgan fingerprint density at radius 3 is 2.81 bits per heavy atom. The van der Waals surface area contributed by atoms with Crippen molar-refractivity contribution in [2.45, 2.75) is 6.61 Å². The molecule has 0 unspecified atom stereocenters. The molecular weight excluding hydrogens is 340 g/mol. The van der Waals surface area contributed by atoms with E-state index < -0.39 is 0 Å². The molecule has 0 N–H and O–H groups in total. The van der Waals surface area contributed by atoms with Gasteiger partial charge in [0.25, 0.3) is 5.88 Å². The summed E-state index contributed by atoms with van der Waals surface area (Å²) in [6.45, 7) is 0.202. The van der Waals surface area contributed by atoms with Crippen LogP contribution in [0.1, 0.15) is 5.69 Å². The van der Waals surface area contributed by atoms with Gasteiger partial charge < -0.3 is 18.7 Å². The van der Waals surface area contributed by atoms with Crippen molar-refractivity contribution in [3.8, 4) is 28.9 Å². The lowest BCUT2D eigenvalue weighted by molar-refractivity contribution is 0.264. The minimum absolute atomic E-state index is 0.202. The first kappa shape index (κ1) is 15.8. The molecule has 0 aliphatic heterocycles. The standard InChI is InChI=1S/C16H13N6O4/c1-23-11-4-3-10(17-8-11)9-25-16-13(24-2)7-14-18-19-15(22(14)20-16)12-5-6-26-21-12/h3-5,7-8H,9H2,1-2H3. The molecule has 131 valence electrons. The summed E-state index contributed by atoms with van der Waals surface area (Å²) in [4.78, 5) is 4.25. The summed E-state index contributed by atoms with van der Waals surface area (Å²) in [7, 11) is 3.11. The molecule has 0 saturated heterocycles. The predicted octanol–water partition coefficient (Wildman–Crippen LogP) is 1.57. The third-order valence-corrected chi connectivity index (χ3v) is 3.56. The van der Waals surface area contributed by atoms with Crippen molar-refractivity contribution in [2.24, 2.45) is 0 Å². The number of methoxy groups -OCH3 is 2. The second kappa shape index (κ2) is 6.67. The first-order valence-electron chi connectivity index (χ1n) is 7.54. The SMILES string of the molecule is COc1ccc(COc2nn3c(-c4c[c]on4)nnc3cc2OC)nc1. The van der Waals surface area contributed by atoms with Gasteiger partial charge in [-0.25, -0.2) is 0 Å². The van der Waals surface area contributed by atoms with E-state index in [1.54, 1.807) is 37.6 Å². The molecule has 0 fully saturated rings. The number of aromatic nitrogens is 6. The summed E-state index contributed by atoms with van der Waals surface area (Å²) in [5.74, 6) is 1.77. The van der Waals surface area contributed by atoms with Crippen molar-refractivity contribution >= 4 is 5.65 Å². The van der Waals surface area contributed by atoms with Crippen LogP contribution in [0.15, 0.2) is 35.0 Å². The molecule has 4 heterocycles. The highest BCUT2D eigenvalue weighted by Gasteiger charge is 2.17. The normalized spacial score (nSPS) is 10.8. The smallest absolute Gasteiger partial charge is 0.275 e. The average Bonchev–Trinajstić information content (AvgIpc) is 3.35. The minimum Gasteiger partial charge on any atom is -0.495 e. The van der Waals surface area contributed by atoms with E-state index in [0.29, 0.717) is 34.4 Å². The van der Waals surface area contributed by atoms with E-state index in [2.05, 4.69) is 31.7 Å². The van der Waals surface area contributed by atoms with Crippen molar-refractivity contribution in [1.82, 2.24) is 30.0 Å². The van der Waals surface area contributed by atoms with E-state index in [1.807, 2.05) is 0 Å². The molecule has 0 saturated carbocycles. The maximum absolute atomic E-state index is 5.77. The van der Waals surface area contributed by atoms with Gasteiger partial charge in [0.15, 0.2) is 17.1 Å². The summed E-state index contributed by atoms with van der Waals surface area (Å²) in [5, 5.41) is 16.3. The van der Waals surface area contributed by atoms with Crippen LogP contribution in [-0.4, -0.2) is 44.2 Å². The zero-order chi connectivity index (χ0) is 17.9. The van der Waals surface area contributed by atoms with Crippen LogP contribution in [0.3, 0.4) is 0 Å². The zero-order valence-corrected chi connectivity index (χ0v) is 13.9. The largest absolute Gasteiger partial charge is 0.495 e. The van der Waals surface area contributed by atoms with Gasteiger partial charge in [-0.05, 0) is 12.1 Å². The summed E-state index contributed by atoms with van der Waals surface area (Å²) in [5.41, 5.74) is 1.65. The van der Waals surface area contributed by atoms with Crippen molar-refractivity contribution in [1.29, 1.82) is 0 Å². The number of fused-ring (bicyclic) bond motifs is 1. The number of rotatable bonds is 6.